The predicted octanol–water partition coefficient (Wildman–Crippen LogP) is 4.06. The van der Waals surface area contributed by atoms with Crippen LogP contribution in [-0.2, 0) is 20.9 Å². The first-order valence-corrected chi connectivity index (χ1v) is 8.57. The number of ether oxygens (including phenoxy) is 2. The number of carbonyl (C=O) groups is 1. The van der Waals surface area contributed by atoms with Crippen molar-refractivity contribution < 1.29 is 23.0 Å². The van der Waals surface area contributed by atoms with Crippen LogP contribution in [0.25, 0.3) is 0 Å². The lowest BCUT2D eigenvalue weighted by atomic mass is 9.76. The lowest BCUT2D eigenvalue weighted by Gasteiger charge is -2.34. The second kappa shape index (κ2) is 7.18. The van der Waals surface area contributed by atoms with Crippen LogP contribution in [0.3, 0.4) is 0 Å². The van der Waals surface area contributed by atoms with Gasteiger partial charge in [-0.3, -0.25) is 4.79 Å². The predicted molar refractivity (Wildman–Crippen MR) is 85.5 cm³/mol. The van der Waals surface area contributed by atoms with E-state index in [1.165, 1.54) is 7.11 Å². The molecule has 2 aliphatic rings. The van der Waals surface area contributed by atoms with E-state index in [9.17, 15) is 13.6 Å². The number of rotatable bonds is 5. The lowest BCUT2D eigenvalue weighted by Crippen LogP contribution is -2.34. The van der Waals surface area contributed by atoms with Gasteiger partial charge in [0.15, 0.2) is 0 Å². The van der Waals surface area contributed by atoms with Crippen molar-refractivity contribution in [1.82, 2.24) is 0 Å². The average molecular weight is 338 g/mol. The zero-order valence-electron chi connectivity index (χ0n) is 13.9. The molecule has 0 saturated heterocycles. The number of esters is 1. The summed E-state index contributed by atoms with van der Waals surface area (Å²) in [6, 6.07) is 9.81. The Morgan fingerprint density at radius 2 is 2.04 bits per heavy atom. The van der Waals surface area contributed by atoms with Gasteiger partial charge < -0.3 is 9.47 Å². The minimum Gasteiger partial charge on any atom is -0.469 e. The minimum absolute atomic E-state index is 0.0257. The molecule has 3 nitrogen and oxygen atoms in total. The Morgan fingerprint density at radius 3 is 2.75 bits per heavy atom. The van der Waals surface area contributed by atoms with Gasteiger partial charge in [-0.1, -0.05) is 30.3 Å². The summed E-state index contributed by atoms with van der Waals surface area (Å²) in [5.74, 6) is -3.22. The van der Waals surface area contributed by atoms with Gasteiger partial charge in [0.25, 0.3) is 0 Å². The van der Waals surface area contributed by atoms with Crippen LogP contribution in [0, 0.1) is 23.7 Å². The number of benzene rings is 1. The molecule has 5 heteroatoms. The van der Waals surface area contributed by atoms with E-state index in [4.69, 9.17) is 9.47 Å². The maximum Gasteiger partial charge on any atom is 0.309 e. The molecule has 1 aromatic rings. The molecule has 1 unspecified atom stereocenters. The SMILES string of the molecule is COC(=O)C1C[C@@H]2CC(F)(F)CC[C@H]2[C@@H]1COCc1ccccc1. The van der Waals surface area contributed by atoms with Crippen LogP contribution in [-0.4, -0.2) is 25.6 Å². The Balaban J connectivity index is 1.65. The fourth-order valence-electron chi connectivity index (χ4n) is 4.42. The van der Waals surface area contributed by atoms with Crippen molar-refractivity contribution in [1.29, 1.82) is 0 Å². The van der Waals surface area contributed by atoms with Gasteiger partial charge in [0, 0.05) is 12.8 Å². The Hall–Kier alpha value is -1.49. The fourth-order valence-corrected chi connectivity index (χ4v) is 4.42. The van der Waals surface area contributed by atoms with E-state index in [1.807, 2.05) is 30.3 Å². The van der Waals surface area contributed by atoms with Crippen LogP contribution >= 0.6 is 0 Å². The average Bonchev–Trinajstić information content (AvgIpc) is 2.91. The van der Waals surface area contributed by atoms with Crippen molar-refractivity contribution in [3.63, 3.8) is 0 Å². The van der Waals surface area contributed by atoms with Gasteiger partial charge in [0.05, 0.1) is 26.2 Å². The van der Waals surface area contributed by atoms with Crippen molar-refractivity contribution in [3.8, 4) is 0 Å². The number of alkyl halides is 2. The summed E-state index contributed by atoms with van der Waals surface area (Å²) in [6.45, 7) is 0.889. The van der Waals surface area contributed by atoms with Gasteiger partial charge >= 0.3 is 5.97 Å². The number of fused-ring (bicyclic) bond motifs is 1. The zero-order valence-corrected chi connectivity index (χ0v) is 13.9. The normalized spacial score (nSPS) is 31.5. The van der Waals surface area contributed by atoms with Crippen LogP contribution < -0.4 is 0 Å². The van der Waals surface area contributed by atoms with Crippen LogP contribution in [0.4, 0.5) is 8.78 Å². The monoisotopic (exact) mass is 338 g/mol. The first kappa shape index (κ1) is 17.3. The van der Waals surface area contributed by atoms with E-state index >= 15 is 0 Å². The van der Waals surface area contributed by atoms with Gasteiger partial charge in [-0.25, -0.2) is 8.78 Å². The molecule has 2 fully saturated rings. The summed E-state index contributed by atoms with van der Waals surface area (Å²) < 4.78 is 38.2. The summed E-state index contributed by atoms with van der Waals surface area (Å²) in [5.41, 5.74) is 1.07. The minimum atomic E-state index is -2.60. The molecule has 2 aliphatic carbocycles. The molecule has 0 aromatic heterocycles. The van der Waals surface area contributed by atoms with Crippen LogP contribution in [0.5, 0.6) is 0 Å². The second-order valence-corrected chi connectivity index (χ2v) is 7.05. The summed E-state index contributed by atoms with van der Waals surface area (Å²) >= 11 is 0. The molecule has 3 rings (SSSR count). The number of hydrogen-bond acceptors (Lipinski definition) is 3. The van der Waals surface area contributed by atoms with E-state index in [1.54, 1.807) is 0 Å². The van der Waals surface area contributed by atoms with Crippen molar-refractivity contribution in [3.05, 3.63) is 35.9 Å². The van der Waals surface area contributed by atoms with Gasteiger partial charge in [-0.2, -0.15) is 0 Å². The molecule has 0 aliphatic heterocycles. The Kier molecular flexibility index (Phi) is 5.18. The highest BCUT2D eigenvalue weighted by Gasteiger charge is 2.52. The first-order chi connectivity index (χ1) is 11.5. The van der Waals surface area contributed by atoms with Crippen molar-refractivity contribution in [2.24, 2.45) is 23.7 Å². The second-order valence-electron chi connectivity index (χ2n) is 7.05. The van der Waals surface area contributed by atoms with E-state index in [2.05, 4.69) is 0 Å². The fraction of sp³-hybridized carbons (Fsp3) is 0.632. The number of halogens is 2. The Labute approximate surface area is 141 Å². The van der Waals surface area contributed by atoms with Crippen LogP contribution in [0.1, 0.15) is 31.2 Å². The quantitative estimate of drug-likeness (QED) is 0.760. The van der Waals surface area contributed by atoms with Gasteiger partial charge in [0.1, 0.15) is 0 Å². The Bertz CT molecular complexity index is 561. The molecule has 2 saturated carbocycles. The molecule has 0 amide bonds. The van der Waals surface area contributed by atoms with E-state index in [0.717, 1.165) is 5.56 Å². The third-order valence-corrected chi connectivity index (χ3v) is 5.56. The van der Waals surface area contributed by atoms with Crippen LogP contribution in [0.15, 0.2) is 30.3 Å². The summed E-state index contributed by atoms with van der Waals surface area (Å²) in [6.07, 6.45) is 0.758. The molecule has 1 aromatic carbocycles. The molecule has 0 spiro atoms. The topological polar surface area (TPSA) is 35.5 Å². The maximum atomic E-state index is 13.7. The van der Waals surface area contributed by atoms with Gasteiger partial charge in [-0.15, -0.1) is 0 Å². The summed E-state index contributed by atoms with van der Waals surface area (Å²) in [7, 11) is 1.36. The molecule has 0 N–H and O–H groups in total. The van der Waals surface area contributed by atoms with E-state index < -0.39 is 5.92 Å². The largest absolute Gasteiger partial charge is 0.469 e. The molecular weight excluding hydrogens is 314 g/mol. The molecule has 132 valence electrons. The van der Waals surface area contributed by atoms with Crippen molar-refractivity contribution in [2.45, 2.75) is 38.2 Å². The highest BCUT2D eigenvalue weighted by atomic mass is 19.3. The Morgan fingerprint density at radius 1 is 1.29 bits per heavy atom. The molecule has 0 radical (unpaired) electrons. The molecular formula is C19H24F2O3. The van der Waals surface area contributed by atoms with Crippen molar-refractivity contribution >= 4 is 5.97 Å². The highest BCUT2D eigenvalue weighted by Crippen LogP contribution is 2.53. The standard InChI is InChI=1S/C19H24F2O3/c1-23-18(22)16-9-14-10-19(20,21)8-7-15(14)17(16)12-24-11-13-5-3-2-4-6-13/h2-6,14-17H,7-12H2,1H3/t14-,15-,16?,17+/m1/s1. The van der Waals surface area contributed by atoms with E-state index in [-0.39, 0.29) is 42.5 Å². The van der Waals surface area contributed by atoms with Gasteiger partial charge in [0.2, 0.25) is 5.92 Å². The maximum absolute atomic E-state index is 13.7. The first-order valence-electron chi connectivity index (χ1n) is 8.57. The lowest BCUT2D eigenvalue weighted by molar-refractivity contribution is -0.148. The molecule has 4 atom stereocenters. The number of methoxy groups -OCH3 is 1. The third-order valence-electron chi connectivity index (χ3n) is 5.56. The summed E-state index contributed by atoms with van der Waals surface area (Å²) in [4.78, 5) is 12.1. The third kappa shape index (κ3) is 3.77. The van der Waals surface area contributed by atoms with E-state index in [0.29, 0.717) is 26.1 Å². The van der Waals surface area contributed by atoms with Gasteiger partial charge in [-0.05, 0) is 36.2 Å². The molecule has 0 heterocycles. The van der Waals surface area contributed by atoms with Crippen LogP contribution in [0.2, 0.25) is 0 Å². The van der Waals surface area contributed by atoms with Crippen molar-refractivity contribution in [2.75, 3.05) is 13.7 Å². The number of hydrogen-bond donors (Lipinski definition) is 0. The zero-order chi connectivity index (χ0) is 17.2. The molecule has 24 heavy (non-hydrogen) atoms. The molecule has 0 bridgehead atoms. The smallest absolute Gasteiger partial charge is 0.309 e. The summed E-state index contributed by atoms with van der Waals surface area (Å²) in [5, 5.41) is 0. The highest BCUT2D eigenvalue weighted by molar-refractivity contribution is 5.73. The number of carbonyl (C=O) groups excluding carboxylic acids is 1.